The highest BCUT2D eigenvalue weighted by Gasteiger charge is 2.27. The van der Waals surface area contributed by atoms with Gasteiger partial charge in [-0.3, -0.25) is 9.48 Å². The van der Waals surface area contributed by atoms with Crippen LogP contribution in [0.15, 0.2) is 36.7 Å². The van der Waals surface area contributed by atoms with Crippen molar-refractivity contribution in [3.63, 3.8) is 0 Å². The van der Waals surface area contributed by atoms with Gasteiger partial charge in [-0.25, -0.2) is 4.79 Å². The van der Waals surface area contributed by atoms with Crippen molar-refractivity contribution in [2.45, 2.75) is 18.7 Å². The van der Waals surface area contributed by atoms with Gasteiger partial charge in [-0.15, -0.1) is 0 Å². The monoisotopic (exact) mass is 343 g/mol. The molecule has 2 atom stereocenters. The minimum absolute atomic E-state index is 0.170. The van der Waals surface area contributed by atoms with Crippen molar-refractivity contribution in [2.24, 2.45) is 0 Å². The Bertz CT molecular complexity index is 805. The summed E-state index contributed by atoms with van der Waals surface area (Å²) in [5, 5.41) is 12.0. The molecule has 1 aromatic heterocycles. The van der Waals surface area contributed by atoms with Gasteiger partial charge in [-0.2, -0.15) is 5.10 Å². The molecule has 0 radical (unpaired) electrons. The maximum absolute atomic E-state index is 12.0. The molecule has 3 amide bonds. The first-order valence-electron chi connectivity index (χ1n) is 7.93. The molecule has 1 fully saturated rings. The summed E-state index contributed by atoms with van der Waals surface area (Å²) in [4.78, 5) is 23.1. The van der Waals surface area contributed by atoms with Gasteiger partial charge in [0.15, 0.2) is 17.6 Å². The molecule has 0 saturated carbocycles. The summed E-state index contributed by atoms with van der Waals surface area (Å²) in [5.41, 5.74) is 0.559. The Kier molecular flexibility index (Phi) is 3.88. The van der Waals surface area contributed by atoms with Crippen LogP contribution < -0.4 is 25.4 Å². The van der Waals surface area contributed by atoms with Gasteiger partial charge >= 0.3 is 6.03 Å². The summed E-state index contributed by atoms with van der Waals surface area (Å²) in [7, 11) is 0. The molecule has 3 heterocycles. The van der Waals surface area contributed by atoms with Gasteiger partial charge in [0.1, 0.15) is 12.6 Å². The number of anilines is 1. The van der Waals surface area contributed by atoms with Crippen LogP contribution in [0.5, 0.6) is 11.5 Å². The van der Waals surface area contributed by atoms with Crippen LogP contribution >= 0.6 is 0 Å². The molecule has 2 aliphatic heterocycles. The third-order valence-corrected chi connectivity index (χ3v) is 3.95. The van der Waals surface area contributed by atoms with Gasteiger partial charge in [-0.1, -0.05) is 12.1 Å². The summed E-state index contributed by atoms with van der Waals surface area (Å²) in [6, 6.07) is 6.59. The van der Waals surface area contributed by atoms with E-state index in [2.05, 4.69) is 21.0 Å². The maximum atomic E-state index is 12.0. The van der Waals surface area contributed by atoms with Crippen molar-refractivity contribution in [1.29, 1.82) is 0 Å². The Balaban J connectivity index is 1.34. The molecule has 1 aromatic carbocycles. The van der Waals surface area contributed by atoms with E-state index in [1.165, 1.54) is 0 Å². The number of para-hydroxylation sites is 2. The Morgan fingerprint density at radius 3 is 3.00 bits per heavy atom. The van der Waals surface area contributed by atoms with Gasteiger partial charge in [0.25, 0.3) is 0 Å². The summed E-state index contributed by atoms with van der Waals surface area (Å²) in [6.07, 6.45) is 3.10. The molecule has 9 heteroatoms. The van der Waals surface area contributed by atoms with Gasteiger partial charge in [-0.05, 0) is 12.1 Å². The fourth-order valence-electron chi connectivity index (χ4n) is 2.73. The number of aromatic nitrogens is 2. The first-order valence-corrected chi connectivity index (χ1v) is 7.93. The standard InChI is InChI=1S/C16H17N5O4/c22-15(12-6-17-16(23)20-12)19-10-5-18-21(7-10)8-11-9-24-13-3-1-2-4-14(13)25-11/h1-5,7,11-12H,6,8-9H2,(H,19,22)(H2,17,20,23). The lowest BCUT2D eigenvalue weighted by molar-refractivity contribution is -0.117. The molecule has 2 aromatic rings. The Labute approximate surface area is 143 Å². The highest BCUT2D eigenvalue weighted by Crippen LogP contribution is 2.31. The molecule has 3 N–H and O–H groups in total. The zero-order chi connectivity index (χ0) is 17.2. The van der Waals surface area contributed by atoms with E-state index in [1.807, 2.05) is 24.3 Å². The number of nitrogens with one attached hydrogen (secondary N) is 3. The van der Waals surface area contributed by atoms with Crippen molar-refractivity contribution in [3.05, 3.63) is 36.7 Å². The van der Waals surface area contributed by atoms with Crippen LogP contribution in [0.1, 0.15) is 0 Å². The van der Waals surface area contributed by atoms with Crippen LogP contribution in [-0.2, 0) is 11.3 Å². The zero-order valence-electron chi connectivity index (χ0n) is 13.3. The van der Waals surface area contributed by atoms with Gasteiger partial charge in [0.05, 0.1) is 18.4 Å². The Morgan fingerprint density at radius 2 is 2.20 bits per heavy atom. The lowest BCUT2D eigenvalue weighted by Crippen LogP contribution is -2.38. The predicted molar refractivity (Wildman–Crippen MR) is 87.5 cm³/mol. The van der Waals surface area contributed by atoms with Crippen LogP contribution in [0, 0.1) is 0 Å². The number of hydrogen-bond acceptors (Lipinski definition) is 5. The normalized spacial score (nSPS) is 21.4. The molecule has 0 aliphatic carbocycles. The van der Waals surface area contributed by atoms with E-state index in [1.54, 1.807) is 17.1 Å². The van der Waals surface area contributed by atoms with E-state index < -0.39 is 6.04 Å². The van der Waals surface area contributed by atoms with Gasteiger partial charge < -0.3 is 25.4 Å². The summed E-state index contributed by atoms with van der Waals surface area (Å²) in [5.74, 6) is 1.16. The number of ether oxygens (including phenoxy) is 2. The molecule has 1 saturated heterocycles. The maximum Gasteiger partial charge on any atom is 0.315 e. The van der Waals surface area contributed by atoms with Crippen molar-refractivity contribution in [3.8, 4) is 11.5 Å². The second kappa shape index (κ2) is 6.34. The number of urea groups is 1. The second-order valence-electron chi connectivity index (χ2n) is 5.84. The molecule has 2 unspecified atom stereocenters. The van der Waals surface area contributed by atoms with Crippen molar-refractivity contribution in [2.75, 3.05) is 18.5 Å². The average molecular weight is 343 g/mol. The minimum Gasteiger partial charge on any atom is -0.486 e. The van der Waals surface area contributed by atoms with Gasteiger partial charge in [0.2, 0.25) is 5.91 Å². The molecular weight excluding hydrogens is 326 g/mol. The molecular formula is C16H17N5O4. The molecule has 4 rings (SSSR count). The number of hydrogen-bond donors (Lipinski definition) is 3. The molecule has 130 valence electrons. The second-order valence-corrected chi connectivity index (χ2v) is 5.84. The SMILES string of the molecule is O=C1NCC(C(=O)Nc2cnn(CC3COc4ccccc4O3)c2)N1. The van der Waals surface area contributed by atoms with Crippen LogP contribution in [0.25, 0.3) is 0 Å². The van der Waals surface area contributed by atoms with E-state index in [9.17, 15) is 9.59 Å². The number of nitrogens with zero attached hydrogens (tertiary/aromatic N) is 2. The predicted octanol–water partition coefficient (Wildman–Crippen LogP) is 0.343. The quantitative estimate of drug-likeness (QED) is 0.742. The van der Waals surface area contributed by atoms with Crippen LogP contribution in [0.2, 0.25) is 0 Å². The number of fused-ring (bicyclic) bond motifs is 1. The van der Waals surface area contributed by atoms with E-state index in [0.717, 1.165) is 5.75 Å². The Morgan fingerprint density at radius 1 is 1.36 bits per heavy atom. The highest BCUT2D eigenvalue weighted by molar-refractivity contribution is 5.98. The van der Waals surface area contributed by atoms with Gasteiger partial charge in [0, 0.05) is 12.7 Å². The van der Waals surface area contributed by atoms with Crippen molar-refractivity contribution >= 4 is 17.6 Å². The van der Waals surface area contributed by atoms with Crippen LogP contribution in [-0.4, -0.2) is 47.0 Å². The number of benzene rings is 1. The van der Waals surface area contributed by atoms with Crippen molar-refractivity contribution < 1.29 is 19.1 Å². The molecule has 0 spiro atoms. The fourth-order valence-corrected chi connectivity index (χ4v) is 2.73. The van der Waals surface area contributed by atoms with E-state index in [0.29, 0.717) is 24.6 Å². The Hall–Kier alpha value is -3.23. The minimum atomic E-state index is -0.581. The summed E-state index contributed by atoms with van der Waals surface area (Å²) >= 11 is 0. The number of carbonyl (C=O) groups is 2. The summed E-state index contributed by atoms with van der Waals surface area (Å²) < 4.78 is 13.2. The largest absolute Gasteiger partial charge is 0.486 e. The lowest BCUT2D eigenvalue weighted by atomic mass is 10.2. The van der Waals surface area contributed by atoms with E-state index in [4.69, 9.17) is 9.47 Å². The average Bonchev–Trinajstić information content (AvgIpc) is 3.24. The highest BCUT2D eigenvalue weighted by atomic mass is 16.6. The van der Waals surface area contributed by atoms with E-state index >= 15 is 0 Å². The number of rotatable bonds is 4. The van der Waals surface area contributed by atoms with Crippen molar-refractivity contribution in [1.82, 2.24) is 20.4 Å². The molecule has 25 heavy (non-hydrogen) atoms. The smallest absolute Gasteiger partial charge is 0.315 e. The topological polar surface area (TPSA) is 107 Å². The number of carbonyl (C=O) groups excluding carboxylic acids is 2. The zero-order valence-corrected chi connectivity index (χ0v) is 13.3. The summed E-state index contributed by atoms with van der Waals surface area (Å²) in [6.45, 7) is 1.19. The third kappa shape index (κ3) is 3.35. The first-order chi connectivity index (χ1) is 12.2. The van der Waals surface area contributed by atoms with Crippen LogP contribution in [0.3, 0.4) is 0 Å². The van der Waals surface area contributed by atoms with Crippen LogP contribution in [0.4, 0.5) is 10.5 Å². The molecule has 9 nitrogen and oxygen atoms in total. The molecule has 0 bridgehead atoms. The third-order valence-electron chi connectivity index (χ3n) is 3.95. The van der Waals surface area contributed by atoms with E-state index in [-0.39, 0.29) is 24.6 Å². The first kappa shape index (κ1) is 15.3. The molecule has 2 aliphatic rings. The number of amides is 3. The lowest BCUT2D eigenvalue weighted by Gasteiger charge is -2.26. The fraction of sp³-hybridized carbons (Fsp3) is 0.312.